The fourth-order valence-corrected chi connectivity index (χ4v) is 5.27. The molecule has 0 saturated carbocycles. The molecule has 4 rings (SSSR count). The number of methoxy groups -OCH3 is 1. The second-order valence-electron chi connectivity index (χ2n) is 10.2. The van der Waals surface area contributed by atoms with Crippen LogP contribution < -0.4 is 14.8 Å². The van der Waals surface area contributed by atoms with Gasteiger partial charge in [-0.15, -0.1) is 11.3 Å². The smallest absolute Gasteiger partial charge is 0.268 e. The fraction of sp³-hybridized carbons (Fsp3) is 0.444. The second kappa shape index (κ2) is 9.47. The third-order valence-electron chi connectivity index (χ3n) is 5.90. The van der Waals surface area contributed by atoms with Gasteiger partial charge < -0.3 is 24.5 Å². The predicted molar refractivity (Wildman–Crippen MR) is 137 cm³/mol. The molecule has 1 aromatic carbocycles. The van der Waals surface area contributed by atoms with Crippen LogP contribution in [0.15, 0.2) is 29.6 Å². The summed E-state index contributed by atoms with van der Waals surface area (Å²) in [5.74, 6) is 1.22. The van der Waals surface area contributed by atoms with E-state index in [0.29, 0.717) is 35.8 Å². The van der Waals surface area contributed by atoms with Gasteiger partial charge >= 0.3 is 0 Å². The van der Waals surface area contributed by atoms with Gasteiger partial charge in [0, 0.05) is 34.7 Å². The molecule has 0 atom stereocenters. The van der Waals surface area contributed by atoms with Gasteiger partial charge in [-0.25, -0.2) is 0 Å². The van der Waals surface area contributed by atoms with E-state index in [4.69, 9.17) is 9.47 Å². The molecular formula is C27H34N2O4S. The molecule has 1 aliphatic rings. The number of thiophene rings is 1. The SMILES string of the molecule is COc1cc2c(cc1OC(C)C)-c1c(-c3cccs3)c(CO)c(C(=O)NCC(C)(C)C)n1CC2. The first-order chi connectivity index (χ1) is 16.1. The highest BCUT2D eigenvalue weighted by Gasteiger charge is 2.33. The van der Waals surface area contributed by atoms with E-state index < -0.39 is 0 Å². The Morgan fingerprint density at radius 2 is 2.03 bits per heavy atom. The lowest BCUT2D eigenvalue weighted by atomic mass is 9.94. The number of hydrogen-bond donors (Lipinski definition) is 2. The molecule has 7 heteroatoms. The quantitative estimate of drug-likeness (QED) is 0.466. The topological polar surface area (TPSA) is 72.7 Å². The van der Waals surface area contributed by atoms with Crippen molar-refractivity contribution in [2.75, 3.05) is 13.7 Å². The molecule has 3 heterocycles. The molecule has 2 aromatic heterocycles. The highest BCUT2D eigenvalue weighted by Crippen LogP contribution is 2.47. The first-order valence-electron chi connectivity index (χ1n) is 11.7. The Hall–Kier alpha value is -2.77. The van der Waals surface area contributed by atoms with Gasteiger partial charge in [-0.2, -0.15) is 0 Å². The highest BCUT2D eigenvalue weighted by molar-refractivity contribution is 7.13. The van der Waals surface area contributed by atoms with Crippen LogP contribution in [0.3, 0.4) is 0 Å². The van der Waals surface area contributed by atoms with Crippen LogP contribution in [0.4, 0.5) is 0 Å². The van der Waals surface area contributed by atoms with Gasteiger partial charge in [-0.05, 0) is 54.8 Å². The maximum Gasteiger partial charge on any atom is 0.268 e. The first-order valence-corrected chi connectivity index (χ1v) is 12.6. The number of fused-ring (bicyclic) bond motifs is 3. The molecule has 0 fully saturated rings. The van der Waals surface area contributed by atoms with Crippen molar-refractivity contribution < 1.29 is 19.4 Å². The standard InChI is InChI=1S/C27H34N2O4S/c1-16(2)33-21-13-18-17(12-20(21)32-6)9-10-29-24(18)23(22-8-7-11-34-22)19(14-30)25(29)26(31)28-15-27(3,4)5/h7-8,11-13,16,30H,9-10,14-15H2,1-6H3,(H,28,31). The average Bonchev–Trinajstić information content (AvgIpc) is 3.41. The molecule has 1 amide bonds. The molecule has 0 spiro atoms. The third kappa shape index (κ3) is 4.59. The Morgan fingerprint density at radius 3 is 2.62 bits per heavy atom. The molecule has 0 aliphatic carbocycles. The summed E-state index contributed by atoms with van der Waals surface area (Å²) in [7, 11) is 1.65. The molecule has 0 radical (unpaired) electrons. The summed E-state index contributed by atoms with van der Waals surface area (Å²) >= 11 is 1.61. The van der Waals surface area contributed by atoms with Gasteiger partial charge in [0.15, 0.2) is 11.5 Å². The van der Waals surface area contributed by atoms with Crippen molar-refractivity contribution in [2.24, 2.45) is 5.41 Å². The number of nitrogens with one attached hydrogen (secondary N) is 1. The number of rotatable bonds is 7. The number of aliphatic hydroxyl groups excluding tert-OH is 1. The van der Waals surface area contributed by atoms with E-state index in [1.807, 2.05) is 43.5 Å². The number of benzene rings is 1. The van der Waals surface area contributed by atoms with Crippen molar-refractivity contribution in [3.05, 3.63) is 46.5 Å². The van der Waals surface area contributed by atoms with Crippen molar-refractivity contribution in [1.82, 2.24) is 9.88 Å². The van der Waals surface area contributed by atoms with Crippen LogP contribution in [0.2, 0.25) is 0 Å². The Labute approximate surface area is 205 Å². The third-order valence-corrected chi connectivity index (χ3v) is 6.78. The van der Waals surface area contributed by atoms with Gasteiger partial charge in [0.2, 0.25) is 0 Å². The Bertz CT molecular complexity index is 1190. The molecule has 0 bridgehead atoms. The number of aliphatic hydroxyl groups is 1. The lowest BCUT2D eigenvalue weighted by Gasteiger charge is -2.25. The molecule has 3 aromatic rings. The molecule has 0 unspecified atom stereocenters. The summed E-state index contributed by atoms with van der Waals surface area (Å²) in [5.41, 5.74) is 5.18. The average molecular weight is 483 g/mol. The minimum Gasteiger partial charge on any atom is -0.493 e. The van der Waals surface area contributed by atoms with E-state index in [0.717, 1.165) is 33.7 Å². The number of hydrogen-bond acceptors (Lipinski definition) is 5. The molecular weight excluding hydrogens is 448 g/mol. The minimum atomic E-state index is -0.216. The molecule has 0 saturated heterocycles. The maximum atomic E-state index is 13.5. The first kappa shape index (κ1) is 24.4. The van der Waals surface area contributed by atoms with Gasteiger partial charge in [0.1, 0.15) is 5.69 Å². The normalized spacial score (nSPS) is 12.9. The zero-order chi connectivity index (χ0) is 24.6. The summed E-state index contributed by atoms with van der Waals surface area (Å²) in [6.45, 7) is 11.2. The van der Waals surface area contributed by atoms with Crippen LogP contribution >= 0.6 is 11.3 Å². The van der Waals surface area contributed by atoms with Crippen LogP contribution in [-0.2, 0) is 19.6 Å². The van der Waals surface area contributed by atoms with E-state index in [1.54, 1.807) is 18.4 Å². The number of amides is 1. The van der Waals surface area contributed by atoms with Gasteiger partial charge in [0.05, 0.1) is 25.5 Å². The summed E-state index contributed by atoms with van der Waals surface area (Å²) in [5, 5.41) is 15.6. The number of ether oxygens (including phenoxy) is 2. The van der Waals surface area contributed by atoms with Crippen molar-refractivity contribution in [1.29, 1.82) is 0 Å². The number of carbonyl (C=O) groups is 1. The van der Waals surface area contributed by atoms with E-state index in [-0.39, 0.29) is 24.0 Å². The zero-order valence-electron chi connectivity index (χ0n) is 20.8. The summed E-state index contributed by atoms with van der Waals surface area (Å²) in [4.78, 5) is 14.5. The molecule has 6 nitrogen and oxygen atoms in total. The minimum absolute atomic E-state index is 0.00849. The predicted octanol–water partition coefficient (Wildman–Crippen LogP) is 5.50. The number of nitrogens with zero attached hydrogens (tertiary/aromatic N) is 1. The van der Waals surface area contributed by atoms with Crippen molar-refractivity contribution >= 4 is 17.2 Å². The fourth-order valence-electron chi connectivity index (χ4n) is 4.47. The zero-order valence-corrected chi connectivity index (χ0v) is 21.6. The Balaban J connectivity index is 1.95. The number of aromatic nitrogens is 1. The Morgan fingerprint density at radius 1 is 1.26 bits per heavy atom. The highest BCUT2D eigenvalue weighted by atomic mass is 32.1. The number of carbonyl (C=O) groups excluding carboxylic acids is 1. The van der Waals surface area contributed by atoms with E-state index in [9.17, 15) is 9.90 Å². The van der Waals surface area contributed by atoms with E-state index in [2.05, 4.69) is 30.7 Å². The van der Waals surface area contributed by atoms with E-state index in [1.165, 1.54) is 0 Å². The van der Waals surface area contributed by atoms with Gasteiger partial charge in [0.25, 0.3) is 5.91 Å². The monoisotopic (exact) mass is 482 g/mol. The maximum absolute atomic E-state index is 13.5. The van der Waals surface area contributed by atoms with Crippen LogP contribution in [0.5, 0.6) is 11.5 Å². The van der Waals surface area contributed by atoms with Crippen LogP contribution in [-0.4, -0.2) is 35.3 Å². The largest absolute Gasteiger partial charge is 0.493 e. The van der Waals surface area contributed by atoms with Crippen LogP contribution in [0.25, 0.3) is 21.7 Å². The molecule has 182 valence electrons. The summed E-state index contributed by atoms with van der Waals surface area (Å²) in [6.07, 6.45) is 0.745. The molecule has 2 N–H and O–H groups in total. The van der Waals surface area contributed by atoms with Crippen LogP contribution in [0, 0.1) is 5.41 Å². The number of aryl methyl sites for hydroxylation is 1. The van der Waals surface area contributed by atoms with Crippen LogP contribution in [0.1, 0.15) is 56.2 Å². The van der Waals surface area contributed by atoms with Gasteiger partial charge in [-0.1, -0.05) is 26.8 Å². The Kier molecular flexibility index (Phi) is 6.78. The molecule has 34 heavy (non-hydrogen) atoms. The summed E-state index contributed by atoms with van der Waals surface area (Å²) < 4.78 is 13.8. The van der Waals surface area contributed by atoms with Crippen molar-refractivity contribution in [3.8, 4) is 33.2 Å². The van der Waals surface area contributed by atoms with Crippen molar-refractivity contribution in [2.45, 2.75) is 60.3 Å². The van der Waals surface area contributed by atoms with E-state index >= 15 is 0 Å². The summed E-state index contributed by atoms with van der Waals surface area (Å²) in [6, 6.07) is 8.10. The lowest BCUT2D eigenvalue weighted by molar-refractivity contribution is 0.0926. The van der Waals surface area contributed by atoms with Gasteiger partial charge in [-0.3, -0.25) is 4.79 Å². The second-order valence-corrected chi connectivity index (χ2v) is 11.1. The lowest BCUT2D eigenvalue weighted by Crippen LogP contribution is -2.34. The van der Waals surface area contributed by atoms with Crippen molar-refractivity contribution in [3.63, 3.8) is 0 Å². The molecule has 1 aliphatic heterocycles.